The summed E-state index contributed by atoms with van der Waals surface area (Å²) in [5, 5.41) is 5.33. The standard InChI is InChI=1S/C42H51N5O7/c1-26(2)38(45-42(51)54-5)40(49)46-20-6-8-36(46)32-19-18-31(22-32)29-14-10-27(11-15-29)28-12-16-30(17-13-28)33-23-34(43-24-33)37-9-7-21-47(37)39(48)35(25-52-3)44-41(50)53-4/h10-19,24,26,35-38H,6-9,20-23,25H2,1-5H3,(H,44,50)(H,45,51)/t35-,36-,37-,38-/m0/s1. The quantitative estimate of drug-likeness (QED) is 0.273. The monoisotopic (exact) mass is 737 g/mol. The smallest absolute Gasteiger partial charge is 0.407 e. The van der Waals surface area contributed by atoms with E-state index in [4.69, 9.17) is 19.2 Å². The Kier molecular flexibility index (Phi) is 12.3. The lowest BCUT2D eigenvalue weighted by atomic mass is 9.94. The summed E-state index contributed by atoms with van der Waals surface area (Å²) in [6.07, 6.45) is 9.92. The van der Waals surface area contributed by atoms with E-state index in [1.54, 1.807) is 4.90 Å². The van der Waals surface area contributed by atoms with Crippen LogP contribution in [-0.2, 0) is 23.8 Å². The molecule has 4 aliphatic rings. The SMILES string of the molecule is COC[C@H](NC(=O)OC)C(=O)N1CCC[C@H]1C1=NC=C(c2ccc(-c3ccc(C4=CC=C([C@@H]5CCCN5C(=O)[C@@H](NC(=O)OC)C(C)C)C4)cc3)cc2)C1. The normalized spacial score (nSPS) is 20.6. The van der Waals surface area contributed by atoms with Crippen LogP contribution in [0.25, 0.3) is 22.3 Å². The summed E-state index contributed by atoms with van der Waals surface area (Å²) < 4.78 is 14.7. The van der Waals surface area contributed by atoms with Crippen molar-refractivity contribution in [3.05, 3.63) is 83.6 Å². The van der Waals surface area contributed by atoms with Gasteiger partial charge in [0.1, 0.15) is 12.1 Å². The van der Waals surface area contributed by atoms with E-state index >= 15 is 0 Å². The van der Waals surface area contributed by atoms with Crippen LogP contribution in [0.15, 0.2) is 77.4 Å². The first-order valence-corrected chi connectivity index (χ1v) is 18.8. The lowest BCUT2D eigenvalue weighted by Gasteiger charge is -2.31. The van der Waals surface area contributed by atoms with Crippen LogP contribution < -0.4 is 10.6 Å². The molecule has 0 saturated carbocycles. The predicted octanol–water partition coefficient (Wildman–Crippen LogP) is 5.99. The highest BCUT2D eigenvalue weighted by Crippen LogP contribution is 2.37. The molecule has 0 spiro atoms. The molecule has 1 aliphatic carbocycles. The summed E-state index contributed by atoms with van der Waals surface area (Å²) in [5.74, 6) is -0.321. The van der Waals surface area contributed by atoms with Gasteiger partial charge in [-0.05, 0) is 77.0 Å². The molecule has 3 aliphatic heterocycles. The van der Waals surface area contributed by atoms with Crippen molar-refractivity contribution < 1.29 is 33.4 Å². The molecule has 2 aromatic rings. The van der Waals surface area contributed by atoms with Crippen molar-refractivity contribution in [1.29, 1.82) is 0 Å². The molecule has 0 bridgehead atoms. The van der Waals surface area contributed by atoms with Gasteiger partial charge in [0.05, 0.1) is 32.9 Å². The summed E-state index contributed by atoms with van der Waals surface area (Å²) in [5.41, 5.74) is 8.97. The van der Waals surface area contributed by atoms with Crippen molar-refractivity contribution in [2.45, 2.75) is 76.5 Å². The third-order valence-electron chi connectivity index (χ3n) is 10.9. The number of likely N-dealkylation sites (tertiary alicyclic amines) is 2. The lowest BCUT2D eigenvalue weighted by Crippen LogP contribution is -2.53. The van der Waals surface area contributed by atoms with Crippen LogP contribution in [0.2, 0.25) is 0 Å². The first kappa shape index (κ1) is 38.5. The Morgan fingerprint density at radius 1 is 0.722 bits per heavy atom. The number of benzene rings is 2. The topological polar surface area (TPSA) is 139 Å². The molecule has 12 nitrogen and oxygen atoms in total. The van der Waals surface area contributed by atoms with Gasteiger partial charge < -0.3 is 34.6 Å². The number of carbonyl (C=O) groups is 4. The van der Waals surface area contributed by atoms with Gasteiger partial charge in [-0.2, -0.15) is 0 Å². The van der Waals surface area contributed by atoms with Gasteiger partial charge in [0.2, 0.25) is 11.8 Å². The van der Waals surface area contributed by atoms with Gasteiger partial charge in [-0.1, -0.05) is 74.5 Å². The third kappa shape index (κ3) is 8.44. The lowest BCUT2D eigenvalue weighted by molar-refractivity contribution is -0.135. The maximum absolute atomic E-state index is 13.6. The summed E-state index contributed by atoms with van der Waals surface area (Å²) in [4.78, 5) is 59.3. The number of ether oxygens (including phenoxy) is 3. The van der Waals surface area contributed by atoms with Gasteiger partial charge in [0, 0.05) is 38.5 Å². The van der Waals surface area contributed by atoms with Crippen LogP contribution in [0.4, 0.5) is 9.59 Å². The van der Waals surface area contributed by atoms with Crippen molar-refractivity contribution >= 4 is 40.9 Å². The van der Waals surface area contributed by atoms with Gasteiger partial charge in [0.15, 0.2) is 0 Å². The molecule has 4 amide bonds. The maximum atomic E-state index is 13.6. The third-order valence-corrected chi connectivity index (χ3v) is 10.9. The molecular weight excluding hydrogens is 686 g/mol. The van der Waals surface area contributed by atoms with Gasteiger partial charge in [-0.15, -0.1) is 0 Å². The van der Waals surface area contributed by atoms with Gasteiger partial charge in [0.25, 0.3) is 0 Å². The number of hydrogen-bond donors (Lipinski definition) is 2. The maximum Gasteiger partial charge on any atom is 0.407 e. The molecule has 4 atom stereocenters. The summed E-state index contributed by atoms with van der Waals surface area (Å²) in [6, 6.07) is 15.5. The highest BCUT2D eigenvalue weighted by atomic mass is 16.5. The number of aliphatic imine (C=N–C) groups is 1. The summed E-state index contributed by atoms with van der Waals surface area (Å²) >= 11 is 0. The van der Waals surface area contributed by atoms with Crippen molar-refractivity contribution in [3.8, 4) is 11.1 Å². The van der Waals surface area contributed by atoms with Gasteiger partial charge in [-0.25, -0.2) is 9.59 Å². The molecule has 0 aromatic heterocycles. The van der Waals surface area contributed by atoms with E-state index in [9.17, 15) is 19.2 Å². The Bertz CT molecular complexity index is 1850. The molecule has 2 fully saturated rings. The highest BCUT2D eigenvalue weighted by molar-refractivity contribution is 6.04. The van der Waals surface area contributed by atoms with Crippen LogP contribution in [0.5, 0.6) is 0 Å². The zero-order valence-electron chi connectivity index (χ0n) is 31.8. The fourth-order valence-electron chi connectivity index (χ4n) is 7.97. The Labute approximate surface area is 317 Å². The minimum Gasteiger partial charge on any atom is -0.453 e. The van der Waals surface area contributed by atoms with Crippen LogP contribution in [0.1, 0.15) is 63.5 Å². The molecule has 6 rings (SSSR count). The number of allylic oxidation sites excluding steroid dienone is 4. The van der Waals surface area contributed by atoms with E-state index < -0.39 is 24.3 Å². The number of amides is 4. The molecule has 2 saturated heterocycles. The second kappa shape index (κ2) is 17.3. The molecule has 54 heavy (non-hydrogen) atoms. The van der Waals surface area contributed by atoms with Crippen molar-refractivity contribution in [2.24, 2.45) is 10.9 Å². The largest absolute Gasteiger partial charge is 0.453 e. The van der Waals surface area contributed by atoms with Crippen molar-refractivity contribution in [2.75, 3.05) is 41.0 Å². The number of rotatable bonds is 12. The molecule has 0 radical (unpaired) electrons. The second-order valence-electron chi connectivity index (χ2n) is 14.6. The zero-order chi connectivity index (χ0) is 38.4. The van der Waals surface area contributed by atoms with E-state index in [0.29, 0.717) is 19.5 Å². The van der Waals surface area contributed by atoms with E-state index in [-0.39, 0.29) is 36.4 Å². The Hall–Kier alpha value is -5.23. The fourth-order valence-corrected chi connectivity index (χ4v) is 7.97. The minimum absolute atomic E-state index is 0.0179. The number of alkyl carbamates (subject to hydrolysis) is 2. The first-order valence-electron chi connectivity index (χ1n) is 18.8. The van der Waals surface area contributed by atoms with Crippen molar-refractivity contribution in [1.82, 2.24) is 20.4 Å². The Morgan fingerprint density at radius 3 is 1.87 bits per heavy atom. The van der Waals surface area contributed by atoms with E-state index in [1.165, 1.54) is 32.5 Å². The number of nitrogens with one attached hydrogen (secondary N) is 2. The first-order chi connectivity index (χ1) is 26.1. The number of hydrogen-bond acceptors (Lipinski definition) is 8. The molecule has 0 unspecified atom stereocenters. The predicted molar refractivity (Wildman–Crippen MR) is 207 cm³/mol. The Morgan fingerprint density at radius 2 is 1.28 bits per heavy atom. The van der Waals surface area contributed by atoms with Crippen LogP contribution in [0.3, 0.4) is 0 Å². The van der Waals surface area contributed by atoms with Gasteiger partial charge in [-0.3, -0.25) is 14.6 Å². The molecular formula is C42H51N5O7. The zero-order valence-corrected chi connectivity index (χ0v) is 31.8. The molecule has 12 heteroatoms. The Balaban J connectivity index is 1.04. The molecule has 3 heterocycles. The highest BCUT2D eigenvalue weighted by Gasteiger charge is 2.39. The summed E-state index contributed by atoms with van der Waals surface area (Å²) in [6.45, 7) is 5.19. The number of nitrogens with zero attached hydrogens (tertiary/aromatic N) is 3. The van der Waals surface area contributed by atoms with Crippen LogP contribution >= 0.6 is 0 Å². The second-order valence-corrected chi connectivity index (χ2v) is 14.6. The van der Waals surface area contributed by atoms with E-state index in [2.05, 4.69) is 71.3 Å². The average Bonchev–Trinajstić information content (AvgIpc) is 4.03. The van der Waals surface area contributed by atoms with Crippen molar-refractivity contribution in [3.63, 3.8) is 0 Å². The average molecular weight is 738 g/mol. The number of carbonyl (C=O) groups excluding carboxylic acids is 4. The minimum atomic E-state index is -0.829. The molecule has 286 valence electrons. The molecule has 2 aromatic carbocycles. The molecule has 2 N–H and O–H groups in total. The van der Waals surface area contributed by atoms with E-state index in [1.807, 2.05) is 24.9 Å². The summed E-state index contributed by atoms with van der Waals surface area (Å²) in [7, 11) is 4.07. The van der Waals surface area contributed by atoms with E-state index in [0.717, 1.165) is 65.6 Å². The number of methoxy groups -OCH3 is 3. The fraction of sp³-hybridized carbons (Fsp3) is 0.452. The van der Waals surface area contributed by atoms with Crippen LogP contribution in [0, 0.1) is 5.92 Å². The van der Waals surface area contributed by atoms with Gasteiger partial charge >= 0.3 is 12.2 Å². The van der Waals surface area contributed by atoms with Crippen LogP contribution in [-0.4, -0.2) is 105 Å².